The summed E-state index contributed by atoms with van der Waals surface area (Å²) in [5.74, 6) is 0.775. The minimum absolute atomic E-state index is 0. The van der Waals surface area contributed by atoms with Crippen LogP contribution in [0.3, 0.4) is 0 Å². The van der Waals surface area contributed by atoms with E-state index in [-0.39, 0.29) is 12.4 Å². The molecule has 0 saturated heterocycles. The molecule has 0 saturated carbocycles. The molecule has 90 valence electrons. The molecular weight excluding hydrogens is 236 g/mol. The maximum absolute atomic E-state index is 9.89. The molecule has 0 amide bonds. The Hall–Kier alpha value is -1.58. The monoisotopic (exact) mass is 250 g/mol. The van der Waals surface area contributed by atoms with Gasteiger partial charge in [0.05, 0.1) is 6.10 Å². The predicted octanol–water partition coefficient (Wildman–Crippen LogP) is 2.65. The van der Waals surface area contributed by atoms with Gasteiger partial charge in [0.25, 0.3) is 0 Å². The van der Waals surface area contributed by atoms with Crippen LogP contribution in [0.2, 0.25) is 0 Å². The number of anilines is 1. The third-order valence-electron chi connectivity index (χ3n) is 2.33. The van der Waals surface area contributed by atoms with Crippen LogP contribution < -0.4 is 5.32 Å². The highest BCUT2D eigenvalue weighted by Crippen LogP contribution is 2.12. The number of benzene rings is 1. The summed E-state index contributed by atoms with van der Waals surface area (Å²) in [7, 11) is 0. The van der Waals surface area contributed by atoms with Gasteiger partial charge in [-0.1, -0.05) is 36.4 Å². The standard InChI is InChI=1S/C13H14N2O.ClH/c16-12(11-6-2-1-3-7-11)10-15-13-8-4-5-9-14-13;/h1-9,12,16H,10H2,(H,14,15);1H/t12-;/m0./s1. The highest BCUT2D eigenvalue weighted by Gasteiger charge is 2.05. The summed E-state index contributed by atoms with van der Waals surface area (Å²) in [5.41, 5.74) is 0.908. The van der Waals surface area contributed by atoms with Gasteiger partial charge in [0, 0.05) is 12.7 Å². The second kappa shape index (κ2) is 6.89. The second-order valence-corrected chi connectivity index (χ2v) is 3.52. The molecule has 0 aliphatic carbocycles. The smallest absolute Gasteiger partial charge is 0.125 e. The Morgan fingerprint density at radius 1 is 1.06 bits per heavy atom. The lowest BCUT2D eigenvalue weighted by atomic mass is 10.1. The fraction of sp³-hybridized carbons (Fsp3) is 0.154. The van der Waals surface area contributed by atoms with Gasteiger partial charge in [0.1, 0.15) is 5.82 Å². The van der Waals surface area contributed by atoms with Crippen molar-refractivity contribution >= 4 is 18.2 Å². The molecule has 1 atom stereocenters. The van der Waals surface area contributed by atoms with Crippen molar-refractivity contribution in [3.05, 3.63) is 60.3 Å². The summed E-state index contributed by atoms with van der Waals surface area (Å²) in [6, 6.07) is 15.2. The van der Waals surface area contributed by atoms with E-state index in [9.17, 15) is 5.11 Å². The summed E-state index contributed by atoms with van der Waals surface area (Å²) in [6.45, 7) is 0.459. The number of halogens is 1. The quantitative estimate of drug-likeness (QED) is 0.877. The number of hydrogen-bond donors (Lipinski definition) is 2. The van der Waals surface area contributed by atoms with Gasteiger partial charge in [0.2, 0.25) is 0 Å². The molecule has 3 nitrogen and oxygen atoms in total. The summed E-state index contributed by atoms with van der Waals surface area (Å²) in [5, 5.41) is 13.0. The number of aromatic nitrogens is 1. The number of aliphatic hydroxyl groups is 1. The Bertz CT molecular complexity index is 422. The third-order valence-corrected chi connectivity index (χ3v) is 2.33. The number of pyridine rings is 1. The first-order chi connectivity index (χ1) is 7.86. The number of nitrogens with zero attached hydrogens (tertiary/aromatic N) is 1. The summed E-state index contributed by atoms with van der Waals surface area (Å²) < 4.78 is 0. The first kappa shape index (κ1) is 13.5. The van der Waals surface area contributed by atoms with Crippen molar-refractivity contribution in [2.45, 2.75) is 6.10 Å². The molecule has 0 aliphatic heterocycles. The average Bonchev–Trinajstić information content (AvgIpc) is 2.38. The Morgan fingerprint density at radius 3 is 2.41 bits per heavy atom. The van der Waals surface area contributed by atoms with Crippen LogP contribution >= 0.6 is 12.4 Å². The van der Waals surface area contributed by atoms with Crippen molar-refractivity contribution in [2.75, 3.05) is 11.9 Å². The molecule has 2 rings (SSSR count). The van der Waals surface area contributed by atoms with E-state index in [1.165, 1.54) is 0 Å². The van der Waals surface area contributed by atoms with Crippen LogP contribution in [-0.2, 0) is 0 Å². The maximum Gasteiger partial charge on any atom is 0.125 e. The summed E-state index contributed by atoms with van der Waals surface area (Å²) in [6.07, 6.45) is 1.21. The molecule has 0 radical (unpaired) electrons. The van der Waals surface area contributed by atoms with Crippen molar-refractivity contribution in [3.63, 3.8) is 0 Å². The SMILES string of the molecule is Cl.O[C@@H](CNc1ccccn1)c1ccccc1. The van der Waals surface area contributed by atoms with Crippen LogP contribution in [0, 0.1) is 0 Å². The van der Waals surface area contributed by atoms with Crippen LogP contribution in [0.15, 0.2) is 54.7 Å². The van der Waals surface area contributed by atoms with Crippen molar-refractivity contribution in [3.8, 4) is 0 Å². The topological polar surface area (TPSA) is 45.1 Å². The summed E-state index contributed by atoms with van der Waals surface area (Å²) >= 11 is 0. The van der Waals surface area contributed by atoms with E-state index in [0.717, 1.165) is 11.4 Å². The number of hydrogen-bond acceptors (Lipinski definition) is 3. The van der Waals surface area contributed by atoms with Crippen LogP contribution in [0.5, 0.6) is 0 Å². The highest BCUT2D eigenvalue weighted by molar-refractivity contribution is 5.85. The van der Waals surface area contributed by atoms with Gasteiger partial charge < -0.3 is 10.4 Å². The van der Waals surface area contributed by atoms with Crippen LogP contribution in [0.1, 0.15) is 11.7 Å². The molecule has 2 aromatic rings. The lowest BCUT2D eigenvalue weighted by Crippen LogP contribution is -2.12. The molecule has 0 spiro atoms. The van der Waals surface area contributed by atoms with E-state index >= 15 is 0 Å². The molecule has 0 bridgehead atoms. The molecule has 1 aromatic heterocycles. The first-order valence-electron chi connectivity index (χ1n) is 5.24. The maximum atomic E-state index is 9.89. The first-order valence-corrected chi connectivity index (χ1v) is 5.24. The fourth-order valence-electron chi connectivity index (χ4n) is 1.46. The molecule has 1 heterocycles. The second-order valence-electron chi connectivity index (χ2n) is 3.52. The van der Waals surface area contributed by atoms with E-state index < -0.39 is 6.10 Å². The predicted molar refractivity (Wildman–Crippen MR) is 71.4 cm³/mol. The van der Waals surface area contributed by atoms with Gasteiger partial charge in [-0.15, -0.1) is 12.4 Å². The van der Waals surface area contributed by atoms with Crippen molar-refractivity contribution < 1.29 is 5.11 Å². The van der Waals surface area contributed by atoms with Gasteiger partial charge in [-0.25, -0.2) is 4.98 Å². The molecule has 0 aliphatic rings. The van der Waals surface area contributed by atoms with E-state index in [2.05, 4.69) is 10.3 Å². The average molecular weight is 251 g/mol. The molecule has 0 unspecified atom stereocenters. The van der Waals surface area contributed by atoms with Gasteiger partial charge >= 0.3 is 0 Å². The molecule has 4 heteroatoms. The Morgan fingerprint density at radius 2 is 1.76 bits per heavy atom. The van der Waals surface area contributed by atoms with Gasteiger partial charge in [-0.3, -0.25) is 0 Å². The minimum atomic E-state index is -0.511. The fourth-order valence-corrected chi connectivity index (χ4v) is 1.46. The number of aliphatic hydroxyl groups excluding tert-OH is 1. The van der Waals surface area contributed by atoms with Gasteiger partial charge in [0.15, 0.2) is 0 Å². The van der Waals surface area contributed by atoms with Gasteiger partial charge in [-0.05, 0) is 17.7 Å². The van der Waals surface area contributed by atoms with Crippen LogP contribution in [0.25, 0.3) is 0 Å². The third kappa shape index (κ3) is 4.06. The van der Waals surface area contributed by atoms with E-state index in [4.69, 9.17) is 0 Å². The Labute approximate surface area is 107 Å². The van der Waals surface area contributed by atoms with E-state index in [1.54, 1.807) is 6.20 Å². The van der Waals surface area contributed by atoms with E-state index in [1.807, 2.05) is 48.5 Å². The van der Waals surface area contributed by atoms with Crippen LogP contribution in [0.4, 0.5) is 5.82 Å². The molecule has 17 heavy (non-hydrogen) atoms. The lowest BCUT2D eigenvalue weighted by molar-refractivity contribution is 0.191. The van der Waals surface area contributed by atoms with Crippen LogP contribution in [-0.4, -0.2) is 16.6 Å². The molecule has 1 aromatic carbocycles. The summed E-state index contributed by atoms with van der Waals surface area (Å²) in [4.78, 5) is 4.12. The van der Waals surface area contributed by atoms with Gasteiger partial charge in [-0.2, -0.15) is 0 Å². The minimum Gasteiger partial charge on any atom is -0.387 e. The zero-order chi connectivity index (χ0) is 11.2. The van der Waals surface area contributed by atoms with Crippen molar-refractivity contribution in [2.24, 2.45) is 0 Å². The molecule has 0 fully saturated rings. The number of nitrogens with one attached hydrogen (secondary N) is 1. The van der Waals surface area contributed by atoms with E-state index in [0.29, 0.717) is 6.54 Å². The number of rotatable bonds is 4. The zero-order valence-corrected chi connectivity index (χ0v) is 10.1. The molecular formula is C13H15ClN2O. The van der Waals surface area contributed by atoms with Crippen molar-refractivity contribution in [1.82, 2.24) is 4.98 Å². The molecule has 2 N–H and O–H groups in total. The largest absolute Gasteiger partial charge is 0.387 e. The van der Waals surface area contributed by atoms with Crippen molar-refractivity contribution in [1.29, 1.82) is 0 Å². The normalized spacial score (nSPS) is 11.4. The Balaban J connectivity index is 0.00000144. The highest BCUT2D eigenvalue weighted by atomic mass is 35.5. The zero-order valence-electron chi connectivity index (χ0n) is 9.28. The Kier molecular flexibility index (Phi) is 5.46. The lowest BCUT2D eigenvalue weighted by Gasteiger charge is -2.12.